The molecule has 96 valence electrons. The second-order valence-electron chi connectivity index (χ2n) is 4.26. The van der Waals surface area contributed by atoms with Crippen molar-refractivity contribution in [1.82, 2.24) is 4.31 Å². The smallest absolute Gasteiger partial charge is 0.105 e. The van der Waals surface area contributed by atoms with Crippen molar-refractivity contribution in [1.29, 1.82) is 0 Å². The molecule has 0 amide bonds. The van der Waals surface area contributed by atoms with Crippen molar-refractivity contribution < 1.29 is 8.74 Å². The highest BCUT2D eigenvalue weighted by molar-refractivity contribution is 8.22. The first-order valence-electron chi connectivity index (χ1n) is 6.08. The molecule has 0 N–H and O–H groups in total. The van der Waals surface area contributed by atoms with Gasteiger partial charge in [0.05, 0.1) is 6.04 Å². The van der Waals surface area contributed by atoms with E-state index in [9.17, 15) is 4.55 Å². The summed E-state index contributed by atoms with van der Waals surface area (Å²) in [5.41, 5.74) is 2.60. The van der Waals surface area contributed by atoms with Gasteiger partial charge in [-0.25, -0.2) is 4.31 Å². The van der Waals surface area contributed by atoms with Gasteiger partial charge in [-0.05, 0) is 11.1 Å². The lowest BCUT2D eigenvalue weighted by atomic mass is 10.1. The largest absolute Gasteiger partial charge is 0.755 e. The number of fused-ring (bicyclic) bond motifs is 3. The van der Waals surface area contributed by atoms with E-state index in [1.165, 1.54) is 11.1 Å². The SMILES string of the molecule is CC.CN1[C@H]2c3ccccc3C[C@H]2OS1(C)[O-]. The monoisotopic (exact) mass is 254 g/mol. The minimum atomic E-state index is -2.24. The molecule has 0 spiro atoms. The lowest BCUT2D eigenvalue weighted by molar-refractivity contribution is 0.215. The van der Waals surface area contributed by atoms with Crippen LogP contribution in [0.5, 0.6) is 0 Å². The molecule has 17 heavy (non-hydrogen) atoms. The molecule has 0 radical (unpaired) electrons. The minimum absolute atomic E-state index is 0.0740. The quantitative estimate of drug-likeness (QED) is 0.714. The molecule has 0 aromatic heterocycles. The third kappa shape index (κ3) is 1.99. The first-order valence-corrected chi connectivity index (χ1v) is 7.92. The summed E-state index contributed by atoms with van der Waals surface area (Å²) in [7, 11) is -0.360. The van der Waals surface area contributed by atoms with Crippen LogP contribution in [0, 0.1) is 0 Å². The van der Waals surface area contributed by atoms with Gasteiger partial charge in [0, 0.05) is 19.7 Å². The van der Waals surface area contributed by atoms with Crippen molar-refractivity contribution in [3.8, 4) is 0 Å². The van der Waals surface area contributed by atoms with Crippen LogP contribution in [0.3, 0.4) is 0 Å². The van der Waals surface area contributed by atoms with Gasteiger partial charge in [-0.3, -0.25) is 4.18 Å². The highest BCUT2D eigenvalue weighted by Crippen LogP contribution is 2.60. The zero-order valence-corrected chi connectivity index (χ0v) is 11.7. The Kier molecular flexibility index (Phi) is 3.50. The highest BCUT2D eigenvalue weighted by Gasteiger charge is 2.44. The molecule has 1 aromatic rings. The van der Waals surface area contributed by atoms with Gasteiger partial charge in [-0.1, -0.05) is 38.1 Å². The first kappa shape index (κ1) is 12.9. The third-order valence-corrected chi connectivity index (χ3v) is 5.24. The Bertz CT molecular complexity index is 408. The van der Waals surface area contributed by atoms with E-state index in [-0.39, 0.29) is 12.1 Å². The molecule has 3 atom stereocenters. The van der Waals surface area contributed by atoms with Gasteiger partial charge in [0.15, 0.2) is 0 Å². The maximum absolute atomic E-state index is 12.0. The molecule has 1 aliphatic heterocycles. The van der Waals surface area contributed by atoms with Crippen LogP contribution in [0.2, 0.25) is 0 Å². The Balaban J connectivity index is 0.000000514. The van der Waals surface area contributed by atoms with Gasteiger partial charge in [-0.15, -0.1) is 0 Å². The van der Waals surface area contributed by atoms with Crippen molar-refractivity contribution >= 4 is 10.8 Å². The highest BCUT2D eigenvalue weighted by atomic mass is 32.3. The second kappa shape index (κ2) is 4.61. The summed E-state index contributed by atoms with van der Waals surface area (Å²) >= 11 is 0. The molecule has 3 rings (SSSR count). The van der Waals surface area contributed by atoms with E-state index in [1.807, 2.05) is 37.3 Å². The van der Waals surface area contributed by atoms with E-state index in [2.05, 4.69) is 12.1 Å². The molecule has 1 saturated heterocycles. The van der Waals surface area contributed by atoms with E-state index >= 15 is 0 Å². The summed E-state index contributed by atoms with van der Waals surface area (Å²) in [6.07, 6.45) is 2.63. The summed E-state index contributed by atoms with van der Waals surface area (Å²) in [6.45, 7) is 4.00. The molecular formula is C13H20NO2S-. The van der Waals surface area contributed by atoms with Gasteiger partial charge >= 0.3 is 0 Å². The van der Waals surface area contributed by atoms with Crippen LogP contribution >= 0.6 is 10.8 Å². The van der Waals surface area contributed by atoms with E-state index in [4.69, 9.17) is 4.18 Å². The van der Waals surface area contributed by atoms with Crippen LogP contribution < -0.4 is 0 Å². The fraction of sp³-hybridized carbons (Fsp3) is 0.538. The number of benzene rings is 1. The van der Waals surface area contributed by atoms with Gasteiger partial charge in [0.2, 0.25) is 0 Å². The number of likely N-dealkylation sites (N-methyl/N-ethyl adjacent to an activating group) is 1. The Morgan fingerprint density at radius 1 is 1.35 bits per heavy atom. The van der Waals surface area contributed by atoms with Crippen LogP contribution in [0.4, 0.5) is 0 Å². The zero-order chi connectivity index (χ0) is 12.6. The van der Waals surface area contributed by atoms with Crippen molar-refractivity contribution in [2.75, 3.05) is 13.3 Å². The molecule has 1 aromatic carbocycles. The molecule has 1 fully saturated rings. The van der Waals surface area contributed by atoms with Crippen molar-refractivity contribution in [2.45, 2.75) is 32.4 Å². The maximum atomic E-state index is 12.0. The number of rotatable bonds is 0. The fourth-order valence-corrected chi connectivity index (χ4v) is 3.99. The van der Waals surface area contributed by atoms with Crippen LogP contribution in [0.25, 0.3) is 0 Å². The minimum Gasteiger partial charge on any atom is -0.755 e. The van der Waals surface area contributed by atoms with E-state index in [1.54, 1.807) is 6.26 Å². The van der Waals surface area contributed by atoms with Crippen molar-refractivity contribution in [2.24, 2.45) is 0 Å². The number of nitrogens with zero attached hydrogens (tertiary/aromatic N) is 1. The maximum Gasteiger partial charge on any atom is 0.105 e. The van der Waals surface area contributed by atoms with E-state index in [0.717, 1.165) is 6.42 Å². The summed E-state index contributed by atoms with van der Waals surface area (Å²) in [5, 5.41) is 0. The van der Waals surface area contributed by atoms with Gasteiger partial charge < -0.3 is 15.3 Å². The van der Waals surface area contributed by atoms with E-state index in [0.29, 0.717) is 0 Å². The molecule has 3 nitrogen and oxygen atoms in total. The molecule has 1 heterocycles. The van der Waals surface area contributed by atoms with Crippen LogP contribution in [0.15, 0.2) is 24.3 Å². The zero-order valence-electron chi connectivity index (χ0n) is 10.8. The van der Waals surface area contributed by atoms with Crippen LogP contribution in [-0.2, 0) is 10.6 Å². The molecular weight excluding hydrogens is 234 g/mol. The number of hydrogen-bond donors (Lipinski definition) is 0. The Morgan fingerprint density at radius 3 is 2.71 bits per heavy atom. The van der Waals surface area contributed by atoms with Crippen LogP contribution in [-0.4, -0.2) is 28.3 Å². The predicted octanol–water partition coefficient (Wildman–Crippen LogP) is 3.04. The summed E-state index contributed by atoms with van der Waals surface area (Å²) < 4.78 is 19.5. The Morgan fingerprint density at radius 2 is 2.00 bits per heavy atom. The summed E-state index contributed by atoms with van der Waals surface area (Å²) in [5.74, 6) is 0. The topological polar surface area (TPSA) is 35.5 Å². The first-order chi connectivity index (χ1) is 8.09. The number of hydrogen-bond acceptors (Lipinski definition) is 3. The molecule has 1 aliphatic carbocycles. The lowest BCUT2D eigenvalue weighted by Gasteiger charge is -2.49. The second-order valence-corrected chi connectivity index (χ2v) is 6.50. The molecule has 0 saturated carbocycles. The normalized spacial score (nSPS) is 38.6. The lowest BCUT2D eigenvalue weighted by Crippen LogP contribution is -2.21. The average molecular weight is 254 g/mol. The Labute approximate surface area is 105 Å². The van der Waals surface area contributed by atoms with Crippen molar-refractivity contribution in [3.05, 3.63) is 35.4 Å². The molecule has 2 aliphatic rings. The predicted molar refractivity (Wildman–Crippen MR) is 71.2 cm³/mol. The van der Waals surface area contributed by atoms with Gasteiger partial charge in [0.25, 0.3) is 0 Å². The molecule has 0 bridgehead atoms. The average Bonchev–Trinajstić information content (AvgIpc) is 2.77. The summed E-state index contributed by atoms with van der Waals surface area (Å²) in [4.78, 5) is 0. The third-order valence-electron chi connectivity index (χ3n) is 3.36. The van der Waals surface area contributed by atoms with Crippen molar-refractivity contribution in [3.63, 3.8) is 0 Å². The van der Waals surface area contributed by atoms with Crippen LogP contribution in [0.1, 0.15) is 31.0 Å². The molecule has 4 heteroatoms. The van der Waals surface area contributed by atoms with Gasteiger partial charge in [-0.2, -0.15) is 0 Å². The Hall–Kier alpha value is -0.550. The fourth-order valence-electron chi connectivity index (χ4n) is 2.56. The standard InChI is InChI=1S/C11H15NO2S.C2H6/c1-12-11-9-6-4-3-5-8(9)7-10(11)14-15(12,2)13;1-2/h3-6,10-11,13H,7H2,1-2H3;1-2H3/p-1/t10-,11+;/m1./s1. The van der Waals surface area contributed by atoms with Gasteiger partial charge in [0.1, 0.15) is 6.10 Å². The summed E-state index contributed by atoms with van der Waals surface area (Å²) in [6, 6.07) is 8.50. The molecule has 1 unspecified atom stereocenters. The van der Waals surface area contributed by atoms with E-state index < -0.39 is 10.8 Å².